The Morgan fingerprint density at radius 3 is 2.70 bits per heavy atom. The van der Waals surface area contributed by atoms with Gasteiger partial charge in [0.1, 0.15) is 35.9 Å². The smallest absolute Gasteiger partial charge is 0.138 e. The van der Waals surface area contributed by atoms with Crippen LogP contribution in [0.3, 0.4) is 0 Å². The number of nitrogens with one attached hydrogen (secondary N) is 1. The molecule has 0 aromatic heterocycles. The van der Waals surface area contributed by atoms with Crippen LogP contribution in [0.25, 0.3) is 10.8 Å². The van der Waals surface area contributed by atoms with Gasteiger partial charge < -0.3 is 15.2 Å². The Bertz CT molecular complexity index is 1080. The molecule has 0 heterocycles. The zero-order chi connectivity index (χ0) is 21.7. The molecule has 0 aliphatic rings. The quantitative estimate of drug-likeness (QED) is 0.541. The van der Waals surface area contributed by atoms with Crippen LogP contribution in [0.2, 0.25) is 5.02 Å². The maximum atomic E-state index is 14.9. The maximum absolute atomic E-state index is 14.9. The fourth-order valence-electron chi connectivity index (χ4n) is 3.33. The van der Waals surface area contributed by atoms with E-state index >= 15 is 0 Å². The first-order chi connectivity index (χ1) is 14.3. The van der Waals surface area contributed by atoms with Crippen molar-refractivity contribution in [2.24, 2.45) is 0 Å². The normalized spacial score (nSPS) is 12.5. The molecule has 0 aliphatic carbocycles. The number of hydrogen-bond acceptors (Lipinski definition) is 4. The van der Waals surface area contributed by atoms with Crippen LogP contribution in [-0.4, -0.2) is 29.9 Å². The van der Waals surface area contributed by atoms with E-state index in [9.17, 15) is 14.8 Å². The van der Waals surface area contributed by atoms with Gasteiger partial charge in [-0.3, -0.25) is 0 Å². The number of halogens is 2. The Hall–Kier alpha value is -2.65. The first-order valence-electron chi connectivity index (χ1n) is 9.71. The minimum Gasteiger partial charge on any atom is -0.489 e. The molecule has 0 saturated carbocycles. The maximum Gasteiger partial charge on any atom is 0.138 e. The second-order valence-corrected chi connectivity index (χ2v) is 8.30. The van der Waals surface area contributed by atoms with E-state index in [2.05, 4.69) is 5.32 Å². The van der Waals surface area contributed by atoms with Crippen molar-refractivity contribution in [3.63, 3.8) is 0 Å². The molecule has 6 heteroatoms. The molecule has 1 unspecified atom stereocenters. The lowest BCUT2D eigenvalue weighted by Crippen LogP contribution is -2.46. The molecule has 3 rings (SSSR count). The van der Waals surface area contributed by atoms with E-state index in [0.717, 1.165) is 5.39 Å². The molecule has 0 radical (unpaired) electrons. The highest BCUT2D eigenvalue weighted by atomic mass is 35.5. The van der Waals surface area contributed by atoms with E-state index < -0.39 is 11.6 Å². The van der Waals surface area contributed by atoms with Crippen molar-refractivity contribution in [2.75, 3.05) is 13.2 Å². The zero-order valence-corrected chi connectivity index (χ0v) is 17.7. The molecule has 0 amide bonds. The van der Waals surface area contributed by atoms with Crippen molar-refractivity contribution < 1.29 is 14.2 Å². The first kappa shape index (κ1) is 22.0. The van der Waals surface area contributed by atoms with Crippen LogP contribution >= 0.6 is 11.6 Å². The van der Waals surface area contributed by atoms with Crippen LogP contribution in [-0.2, 0) is 6.42 Å². The van der Waals surface area contributed by atoms with Gasteiger partial charge in [0.25, 0.3) is 0 Å². The predicted molar refractivity (Wildman–Crippen MR) is 117 cm³/mol. The number of rotatable bonds is 8. The number of aliphatic hydroxyl groups is 1. The third-order valence-electron chi connectivity index (χ3n) is 4.91. The number of hydrogen-bond donors (Lipinski definition) is 2. The topological polar surface area (TPSA) is 65.3 Å². The highest BCUT2D eigenvalue weighted by Crippen LogP contribution is 2.26. The lowest BCUT2D eigenvalue weighted by molar-refractivity contribution is 0.0986. The summed E-state index contributed by atoms with van der Waals surface area (Å²) in [5.41, 5.74) is 0.416. The molecular weight excluding hydrogens is 402 g/mol. The second-order valence-electron chi connectivity index (χ2n) is 7.89. The number of benzene rings is 3. The molecule has 1 atom stereocenters. The van der Waals surface area contributed by atoms with Gasteiger partial charge in [-0.05, 0) is 43.4 Å². The Balaban J connectivity index is 1.58. The van der Waals surface area contributed by atoms with E-state index in [1.54, 1.807) is 24.3 Å². The lowest BCUT2D eigenvalue weighted by Gasteiger charge is -2.28. The van der Waals surface area contributed by atoms with E-state index in [0.29, 0.717) is 28.1 Å². The SMILES string of the molecule is CC(C)(Cc1ccc2ccccc2c1[18F])NCC(O)COc1cccc(Cl)c1C#N. The summed E-state index contributed by atoms with van der Waals surface area (Å²) in [6, 6.07) is 18.0. The van der Waals surface area contributed by atoms with Crippen LogP contribution in [0.15, 0.2) is 54.6 Å². The molecule has 0 spiro atoms. The monoisotopic (exact) mass is 425 g/mol. The Morgan fingerprint density at radius 2 is 1.93 bits per heavy atom. The standard InChI is InChI=1S/C24H24ClFN2O2/c1-24(2,12-17-11-10-16-6-3-4-7-19(16)23(17)26)28-14-18(29)15-30-22-9-5-8-21(25)20(22)13-27/h3-11,18,28-29H,12,14-15H2,1-2H3/i26-1. The van der Waals surface area contributed by atoms with Gasteiger partial charge in [-0.2, -0.15) is 5.26 Å². The van der Waals surface area contributed by atoms with Crippen LogP contribution in [0, 0.1) is 17.1 Å². The minimum absolute atomic E-state index is 0.00242. The van der Waals surface area contributed by atoms with E-state index in [1.807, 2.05) is 50.2 Å². The number of β-amino-alcohol motifs (C(OH)–C–C–N with tert-alkyl or cyclic N) is 1. The molecule has 30 heavy (non-hydrogen) atoms. The van der Waals surface area contributed by atoms with Crippen LogP contribution in [0.1, 0.15) is 25.0 Å². The Labute approximate surface area is 180 Å². The molecule has 3 aromatic carbocycles. The number of fused-ring (bicyclic) bond motifs is 1. The summed E-state index contributed by atoms with van der Waals surface area (Å²) in [5, 5.41) is 24.5. The number of nitrogens with zero attached hydrogens (tertiary/aromatic N) is 1. The summed E-state index contributed by atoms with van der Waals surface area (Å²) in [6.07, 6.45) is -0.347. The summed E-state index contributed by atoms with van der Waals surface area (Å²) in [5.74, 6) is 0.124. The van der Waals surface area contributed by atoms with Crippen molar-refractivity contribution in [3.8, 4) is 11.8 Å². The fourth-order valence-corrected chi connectivity index (χ4v) is 3.53. The first-order valence-corrected chi connectivity index (χ1v) is 10.1. The van der Waals surface area contributed by atoms with E-state index in [1.165, 1.54) is 0 Å². The van der Waals surface area contributed by atoms with Crippen molar-refractivity contribution in [1.82, 2.24) is 5.32 Å². The van der Waals surface area contributed by atoms with Crippen LogP contribution in [0.4, 0.5) is 4.39 Å². The Morgan fingerprint density at radius 1 is 1.17 bits per heavy atom. The van der Waals surface area contributed by atoms with Crippen molar-refractivity contribution in [3.05, 3.63) is 76.6 Å². The fraction of sp³-hybridized carbons (Fsp3) is 0.292. The van der Waals surface area contributed by atoms with E-state index in [-0.39, 0.29) is 24.5 Å². The summed E-state index contributed by atoms with van der Waals surface area (Å²) in [7, 11) is 0. The second kappa shape index (κ2) is 9.44. The molecule has 156 valence electrons. The Kier molecular flexibility index (Phi) is 6.94. The molecular formula is C24H24ClFN2O2. The average molecular weight is 426 g/mol. The van der Waals surface area contributed by atoms with Gasteiger partial charge in [-0.25, -0.2) is 4.39 Å². The van der Waals surface area contributed by atoms with Gasteiger partial charge in [-0.1, -0.05) is 54.1 Å². The van der Waals surface area contributed by atoms with Crippen molar-refractivity contribution in [2.45, 2.75) is 31.9 Å². The molecule has 0 fully saturated rings. The third-order valence-corrected chi connectivity index (χ3v) is 5.23. The number of ether oxygens (including phenoxy) is 1. The third kappa shape index (κ3) is 5.28. The molecule has 3 aromatic rings. The average Bonchev–Trinajstić information content (AvgIpc) is 2.73. The molecule has 0 bridgehead atoms. The molecule has 0 aliphatic heterocycles. The van der Waals surface area contributed by atoms with Gasteiger partial charge in [0.05, 0.1) is 5.02 Å². The van der Waals surface area contributed by atoms with Gasteiger partial charge >= 0.3 is 0 Å². The highest BCUT2D eigenvalue weighted by Gasteiger charge is 2.22. The minimum atomic E-state index is -0.809. The molecule has 4 nitrogen and oxygen atoms in total. The van der Waals surface area contributed by atoms with Gasteiger partial charge in [0.15, 0.2) is 0 Å². The highest BCUT2D eigenvalue weighted by molar-refractivity contribution is 6.31. The number of aliphatic hydroxyl groups excluding tert-OH is 1. The predicted octanol–water partition coefficient (Wildman–Crippen LogP) is 4.85. The van der Waals surface area contributed by atoms with E-state index in [4.69, 9.17) is 16.3 Å². The molecule has 2 N–H and O–H groups in total. The van der Waals surface area contributed by atoms with Gasteiger partial charge in [-0.15, -0.1) is 0 Å². The summed E-state index contributed by atoms with van der Waals surface area (Å²) in [4.78, 5) is 0. The van der Waals surface area contributed by atoms with Crippen LogP contribution < -0.4 is 10.1 Å². The van der Waals surface area contributed by atoms with Gasteiger partial charge in [0.2, 0.25) is 0 Å². The largest absolute Gasteiger partial charge is 0.489 e. The molecule has 0 saturated heterocycles. The summed E-state index contributed by atoms with van der Waals surface area (Å²) in [6.45, 7) is 4.17. The van der Waals surface area contributed by atoms with Crippen LogP contribution in [0.5, 0.6) is 5.75 Å². The van der Waals surface area contributed by atoms with Crippen molar-refractivity contribution in [1.29, 1.82) is 5.26 Å². The summed E-state index contributed by atoms with van der Waals surface area (Å²) < 4.78 is 20.4. The lowest BCUT2D eigenvalue weighted by atomic mass is 9.92. The zero-order valence-electron chi connectivity index (χ0n) is 17.0. The summed E-state index contributed by atoms with van der Waals surface area (Å²) >= 11 is 5.98. The van der Waals surface area contributed by atoms with Gasteiger partial charge in [0, 0.05) is 17.5 Å². The van der Waals surface area contributed by atoms with Crippen molar-refractivity contribution >= 4 is 22.4 Å². The number of nitriles is 1.